The van der Waals surface area contributed by atoms with E-state index in [2.05, 4.69) is 5.32 Å². The summed E-state index contributed by atoms with van der Waals surface area (Å²) >= 11 is 11.9. The minimum Gasteiger partial charge on any atom is -0.351 e. The Balaban J connectivity index is 1.83. The van der Waals surface area contributed by atoms with Gasteiger partial charge in [-0.15, -0.1) is 0 Å². The number of hydrogen-bond donors (Lipinski definition) is 1. The van der Waals surface area contributed by atoms with Gasteiger partial charge in [-0.1, -0.05) is 43.1 Å². The van der Waals surface area contributed by atoms with Crippen molar-refractivity contribution in [2.45, 2.75) is 25.7 Å². The van der Waals surface area contributed by atoms with Gasteiger partial charge in [-0.05, 0) is 41.7 Å². The van der Waals surface area contributed by atoms with Crippen molar-refractivity contribution < 1.29 is 13.6 Å². The fraction of sp³-hybridized carbons (Fsp3) is 0.316. The second-order valence-corrected chi connectivity index (χ2v) is 7.92. The topological polar surface area (TPSA) is 29.1 Å². The Hall–Kier alpha value is -1.65. The van der Waals surface area contributed by atoms with E-state index < -0.39 is 17.0 Å². The molecule has 1 amide bonds. The first-order chi connectivity index (χ1) is 11.7. The van der Waals surface area contributed by atoms with Crippen LogP contribution in [0.15, 0.2) is 36.4 Å². The van der Waals surface area contributed by atoms with Gasteiger partial charge in [0.15, 0.2) is 0 Å². The predicted octanol–water partition coefficient (Wildman–Crippen LogP) is 5.37. The molecule has 1 aliphatic carbocycles. The molecule has 1 aliphatic rings. The minimum absolute atomic E-state index is 0.206. The van der Waals surface area contributed by atoms with E-state index in [1.165, 1.54) is 18.2 Å². The third kappa shape index (κ3) is 3.25. The van der Waals surface area contributed by atoms with Gasteiger partial charge in [-0.3, -0.25) is 4.79 Å². The van der Waals surface area contributed by atoms with Crippen molar-refractivity contribution in [1.29, 1.82) is 0 Å². The van der Waals surface area contributed by atoms with Crippen LogP contribution in [-0.4, -0.2) is 12.5 Å². The Labute approximate surface area is 155 Å². The Morgan fingerprint density at radius 2 is 1.84 bits per heavy atom. The van der Waals surface area contributed by atoms with Crippen LogP contribution < -0.4 is 5.32 Å². The van der Waals surface area contributed by atoms with Gasteiger partial charge < -0.3 is 5.32 Å². The monoisotopic (exact) mass is 383 g/mol. The lowest BCUT2D eigenvalue weighted by Crippen LogP contribution is -2.35. The first-order valence-corrected chi connectivity index (χ1v) is 8.61. The molecular formula is C19H17Cl2F2NO. The smallest absolute Gasteiger partial charge is 0.252 e. The van der Waals surface area contributed by atoms with E-state index in [9.17, 15) is 13.6 Å². The lowest BCUT2D eigenvalue weighted by atomic mass is 9.87. The van der Waals surface area contributed by atoms with E-state index in [0.29, 0.717) is 22.6 Å². The molecular weight excluding hydrogens is 367 g/mol. The van der Waals surface area contributed by atoms with Gasteiger partial charge in [0.25, 0.3) is 5.91 Å². The molecule has 0 saturated heterocycles. The predicted molar refractivity (Wildman–Crippen MR) is 95.2 cm³/mol. The number of hydrogen-bond acceptors (Lipinski definition) is 1. The van der Waals surface area contributed by atoms with Crippen LogP contribution in [0.2, 0.25) is 10.0 Å². The third-order valence-corrected chi connectivity index (χ3v) is 5.64. The second kappa shape index (κ2) is 6.26. The molecule has 0 bridgehead atoms. The molecule has 132 valence electrons. The molecule has 0 spiro atoms. The summed E-state index contributed by atoms with van der Waals surface area (Å²) in [7, 11) is 0. The van der Waals surface area contributed by atoms with Gasteiger partial charge in [0, 0.05) is 23.0 Å². The first kappa shape index (κ1) is 18.2. The van der Waals surface area contributed by atoms with Gasteiger partial charge >= 0.3 is 0 Å². The highest BCUT2D eigenvalue weighted by Crippen LogP contribution is 2.64. The number of amides is 1. The molecule has 1 N–H and O–H groups in total. The maximum atomic E-state index is 14.3. The van der Waals surface area contributed by atoms with Crippen LogP contribution in [0.25, 0.3) is 0 Å². The Morgan fingerprint density at radius 1 is 1.16 bits per heavy atom. The largest absolute Gasteiger partial charge is 0.351 e. The van der Waals surface area contributed by atoms with Crippen molar-refractivity contribution in [3.05, 3.63) is 69.2 Å². The first-order valence-electron chi connectivity index (χ1n) is 7.85. The van der Waals surface area contributed by atoms with E-state index in [0.717, 1.165) is 6.07 Å². The van der Waals surface area contributed by atoms with Crippen LogP contribution in [-0.2, 0) is 5.41 Å². The summed E-state index contributed by atoms with van der Waals surface area (Å²) in [6.07, 6.45) is 0.692. The Bertz CT molecular complexity index is 853. The van der Waals surface area contributed by atoms with Crippen LogP contribution >= 0.6 is 23.2 Å². The summed E-state index contributed by atoms with van der Waals surface area (Å²) in [6, 6.07) is 8.20. The highest BCUT2D eigenvalue weighted by atomic mass is 35.5. The van der Waals surface area contributed by atoms with Crippen molar-refractivity contribution in [1.82, 2.24) is 5.32 Å². The minimum atomic E-state index is -0.619. The second-order valence-electron chi connectivity index (χ2n) is 7.07. The highest BCUT2D eigenvalue weighted by Gasteiger charge is 2.62. The molecule has 3 rings (SSSR count). The van der Waals surface area contributed by atoms with E-state index >= 15 is 0 Å². The summed E-state index contributed by atoms with van der Waals surface area (Å²) in [6.45, 7) is 4.23. The van der Waals surface area contributed by atoms with Crippen molar-refractivity contribution >= 4 is 29.1 Å². The summed E-state index contributed by atoms with van der Waals surface area (Å²) in [5.74, 6) is -1.57. The average Bonchev–Trinajstić information content (AvgIpc) is 3.07. The molecule has 6 heteroatoms. The zero-order valence-corrected chi connectivity index (χ0v) is 15.3. The van der Waals surface area contributed by atoms with E-state index in [4.69, 9.17) is 23.2 Å². The molecule has 0 heterocycles. The maximum Gasteiger partial charge on any atom is 0.252 e. The molecule has 0 radical (unpaired) electrons. The van der Waals surface area contributed by atoms with Gasteiger partial charge in [0.2, 0.25) is 0 Å². The fourth-order valence-corrected chi connectivity index (χ4v) is 3.94. The Kier molecular flexibility index (Phi) is 4.54. The fourth-order valence-electron chi connectivity index (χ4n) is 3.44. The lowest BCUT2D eigenvalue weighted by Gasteiger charge is -2.22. The van der Waals surface area contributed by atoms with Gasteiger partial charge in [-0.2, -0.15) is 0 Å². The van der Waals surface area contributed by atoms with Crippen LogP contribution in [0.4, 0.5) is 8.78 Å². The van der Waals surface area contributed by atoms with Crippen LogP contribution in [0.5, 0.6) is 0 Å². The standard InChI is InChI=1S/C19H17Cl2F2NO/c1-18(2)9-19(18,14-6-4-12(22)8-16(14)23)10-24-17(25)13-5-3-11(20)7-15(13)21/h3-8H,9-10H2,1-2H3,(H,24,25). The number of halogens is 4. The maximum absolute atomic E-state index is 14.3. The van der Waals surface area contributed by atoms with Gasteiger partial charge in [0.05, 0.1) is 10.6 Å². The molecule has 25 heavy (non-hydrogen) atoms. The third-order valence-electron chi connectivity index (χ3n) is 5.09. The van der Waals surface area contributed by atoms with Crippen LogP contribution in [0.3, 0.4) is 0 Å². The van der Waals surface area contributed by atoms with Crippen molar-refractivity contribution in [3.63, 3.8) is 0 Å². The molecule has 1 saturated carbocycles. The van der Waals surface area contributed by atoms with Crippen molar-refractivity contribution in [3.8, 4) is 0 Å². The van der Waals surface area contributed by atoms with Crippen LogP contribution in [0.1, 0.15) is 36.2 Å². The number of benzene rings is 2. The summed E-state index contributed by atoms with van der Waals surface area (Å²) in [5.41, 5.74) is -0.0529. The molecule has 2 nitrogen and oxygen atoms in total. The summed E-state index contributed by atoms with van der Waals surface area (Å²) in [4.78, 5) is 12.4. The average molecular weight is 384 g/mol. The van der Waals surface area contributed by atoms with Gasteiger partial charge in [-0.25, -0.2) is 8.78 Å². The van der Waals surface area contributed by atoms with E-state index in [1.54, 1.807) is 12.1 Å². The SMILES string of the molecule is CC1(C)CC1(CNC(=O)c1ccc(Cl)cc1Cl)c1ccc(F)cc1F. The quantitative estimate of drug-likeness (QED) is 0.755. The summed E-state index contributed by atoms with van der Waals surface area (Å²) in [5, 5.41) is 3.52. The molecule has 1 unspecified atom stereocenters. The molecule has 0 aliphatic heterocycles. The number of carbonyl (C=O) groups excluding carboxylic acids is 1. The lowest BCUT2D eigenvalue weighted by molar-refractivity contribution is 0.0947. The van der Waals surface area contributed by atoms with Gasteiger partial charge in [0.1, 0.15) is 11.6 Å². The molecule has 1 atom stereocenters. The van der Waals surface area contributed by atoms with Crippen molar-refractivity contribution in [2.75, 3.05) is 6.54 Å². The van der Waals surface area contributed by atoms with Crippen molar-refractivity contribution in [2.24, 2.45) is 5.41 Å². The molecule has 1 fully saturated rings. The molecule has 2 aromatic carbocycles. The normalized spacial score (nSPS) is 21.0. The molecule has 0 aromatic heterocycles. The van der Waals surface area contributed by atoms with E-state index in [-0.39, 0.29) is 22.9 Å². The zero-order chi connectivity index (χ0) is 18.4. The number of carbonyl (C=O) groups is 1. The van der Waals surface area contributed by atoms with Crippen LogP contribution in [0, 0.1) is 17.0 Å². The highest BCUT2D eigenvalue weighted by molar-refractivity contribution is 6.36. The summed E-state index contributed by atoms with van der Waals surface area (Å²) < 4.78 is 27.5. The number of nitrogens with one attached hydrogen (secondary N) is 1. The Morgan fingerprint density at radius 3 is 2.40 bits per heavy atom. The molecule has 2 aromatic rings. The van der Waals surface area contributed by atoms with E-state index in [1.807, 2.05) is 13.8 Å². The zero-order valence-electron chi connectivity index (χ0n) is 13.8. The number of rotatable bonds is 4.